The van der Waals surface area contributed by atoms with Crippen LogP contribution in [0.1, 0.15) is 10.4 Å². The van der Waals surface area contributed by atoms with Crippen LogP contribution in [-0.2, 0) is 26.2 Å². The minimum absolute atomic E-state index is 0.134. The summed E-state index contributed by atoms with van der Waals surface area (Å²) in [6.45, 7) is 0. The van der Waals surface area contributed by atoms with Gasteiger partial charge in [0.2, 0.25) is 0 Å². The van der Waals surface area contributed by atoms with Gasteiger partial charge < -0.3 is 0 Å². The van der Waals surface area contributed by atoms with Gasteiger partial charge in [0.1, 0.15) is 15.2 Å². The van der Waals surface area contributed by atoms with Gasteiger partial charge in [0, 0.05) is 4.88 Å². The van der Waals surface area contributed by atoms with E-state index in [0.29, 0.717) is 21.4 Å². The molecule has 0 saturated heterocycles. The smallest absolute Gasteiger partial charge is 0.277 e. The van der Waals surface area contributed by atoms with Crippen molar-refractivity contribution in [2.45, 2.75) is 15.3 Å². The molecule has 2 N–H and O–H groups in total. The molecule has 0 unspecified atom stereocenters. The number of halogens is 4. The van der Waals surface area contributed by atoms with Crippen molar-refractivity contribution in [3.8, 4) is 16.5 Å². The van der Waals surface area contributed by atoms with E-state index >= 15 is 0 Å². The number of hydrogen-bond acceptors (Lipinski definition) is 7. The molecule has 0 spiro atoms. The zero-order valence-corrected chi connectivity index (χ0v) is 22.1. The second kappa shape index (κ2) is 9.99. The average Bonchev–Trinajstić information content (AvgIpc) is 3.49. The van der Waals surface area contributed by atoms with Gasteiger partial charge in [-0.2, -0.15) is 18.4 Å². The fourth-order valence-electron chi connectivity index (χ4n) is 3.10. The number of nitrogens with one attached hydrogen (secondary N) is 2. The summed E-state index contributed by atoms with van der Waals surface area (Å²) in [6, 6.07) is 15.1. The molecule has 4 rings (SSSR count). The monoisotopic (exact) mass is 603 g/mol. The number of nitrogens with zero attached hydrogens (tertiary/aromatic N) is 1. The molecule has 4 aromatic rings. The molecule has 0 fully saturated rings. The van der Waals surface area contributed by atoms with Crippen LogP contribution in [0, 0.1) is 11.3 Å². The first-order chi connectivity index (χ1) is 17.3. The van der Waals surface area contributed by atoms with Gasteiger partial charge in [0.25, 0.3) is 20.0 Å². The summed E-state index contributed by atoms with van der Waals surface area (Å²) in [4.78, 5) is 0.297. The highest BCUT2D eigenvalue weighted by Crippen LogP contribution is 2.37. The van der Waals surface area contributed by atoms with Crippen LogP contribution < -0.4 is 9.44 Å². The Labute approximate surface area is 222 Å². The van der Waals surface area contributed by atoms with E-state index in [-0.39, 0.29) is 19.9 Å². The van der Waals surface area contributed by atoms with Crippen LogP contribution in [0.4, 0.5) is 24.5 Å². The molecule has 2 aromatic heterocycles. The van der Waals surface area contributed by atoms with Crippen LogP contribution >= 0.6 is 34.3 Å². The Morgan fingerprint density at radius 3 is 2.19 bits per heavy atom. The Morgan fingerprint density at radius 1 is 0.838 bits per heavy atom. The lowest BCUT2D eigenvalue weighted by molar-refractivity contribution is -0.137. The summed E-state index contributed by atoms with van der Waals surface area (Å²) >= 11 is 7.73. The molecule has 192 valence electrons. The fourth-order valence-corrected chi connectivity index (χ4v) is 7.58. The summed E-state index contributed by atoms with van der Waals surface area (Å²) in [5.74, 6) is 0. The Hall–Kier alpha value is -3.09. The SMILES string of the molecule is N#Cc1ccc(-c2ccc(NS(=O)(=O)c3ccc(Cl)s3)c(NS(=O)(=O)c3cccc(C(F)(F)F)c3)c2)s1. The number of alkyl halides is 3. The van der Waals surface area contributed by atoms with Crippen molar-refractivity contribution in [3.05, 3.63) is 81.5 Å². The highest BCUT2D eigenvalue weighted by Gasteiger charge is 2.32. The Kier molecular flexibility index (Phi) is 7.28. The predicted octanol–water partition coefficient (Wildman–Crippen LogP) is 6.62. The zero-order chi connectivity index (χ0) is 27.0. The quantitative estimate of drug-likeness (QED) is 0.246. The van der Waals surface area contributed by atoms with E-state index in [4.69, 9.17) is 16.9 Å². The lowest BCUT2D eigenvalue weighted by atomic mass is 10.1. The Balaban J connectivity index is 1.78. The van der Waals surface area contributed by atoms with E-state index < -0.39 is 36.7 Å². The molecule has 7 nitrogen and oxygen atoms in total. The van der Waals surface area contributed by atoms with E-state index in [2.05, 4.69) is 9.44 Å². The van der Waals surface area contributed by atoms with E-state index in [0.717, 1.165) is 40.9 Å². The lowest BCUT2D eigenvalue weighted by Gasteiger charge is -2.16. The Morgan fingerprint density at radius 2 is 1.57 bits per heavy atom. The van der Waals surface area contributed by atoms with E-state index in [1.54, 1.807) is 12.1 Å². The maximum atomic E-state index is 13.1. The van der Waals surface area contributed by atoms with Crippen LogP contribution in [0.2, 0.25) is 4.34 Å². The van der Waals surface area contributed by atoms with Crippen molar-refractivity contribution in [2.75, 3.05) is 9.44 Å². The fraction of sp³-hybridized carbons (Fsp3) is 0.0455. The number of hydrogen-bond donors (Lipinski definition) is 2. The van der Waals surface area contributed by atoms with Gasteiger partial charge in [0.05, 0.1) is 26.2 Å². The summed E-state index contributed by atoms with van der Waals surface area (Å²) < 4.78 is 95.8. The molecule has 0 aliphatic carbocycles. The van der Waals surface area contributed by atoms with Crippen molar-refractivity contribution < 1.29 is 30.0 Å². The molecular formula is C22H13ClF3N3O4S4. The van der Waals surface area contributed by atoms with Crippen LogP contribution in [0.15, 0.2) is 75.8 Å². The van der Waals surface area contributed by atoms with Crippen LogP contribution in [0.25, 0.3) is 10.4 Å². The molecule has 0 radical (unpaired) electrons. The molecule has 2 heterocycles. The molecule has 2 aromatic carbocycles. The lowest BCUT2D eigenvalue weighted by Crippen LogP contribution is -2.18. The molecule has 0 amide bonds. The van der Waals surface area contributed by atoms with Gasteiger partial charge in [0.15, 0.2) is 0 Å². The Bertz CT molecular complexity index is 1740. The number of nitriles is 1. The van der Waals surface area contributed by atoms with Crippen LogP contribution in [0.3, 0.4) is 0 Å². The van der Waals surface area contributed by atoms with Crippen molar-refractivity contribution >= 4 is 65.7 Å². The summed E-state index contributed by atoms with van der Waals surface area (Å²) in [5.41, 5.74) is -1.15. The minimum atomic E-state index is -4.77. The second-order valence-electron chi connectivity index (χ2n) is 7.33. The first-order valence-corrected chi connectivity index (χ1v) is 14.9. The maximum absolute atomic E-state index is 13.1. The first kappa shape index (κ1) is 27.0. The second-order valence-corrected chi connectivity index (χ2v) is 13.7. The molecule has 0 aliphatic heterocycles. The van der Waals surface area contributed by atoms with Crippen molar-refractivity contribution in [1.82, 2.24) is 0 Å². The van der Waals surface area contributed by atoms with Gasteiger partial charge in [-0.25, -0.2) is 16.8 Å². The third kappa shape index (κ3) is 6.08. The normalized spacial score (nSPS) is 12.2. The summed E-state index contributed by atoms with van der Waals surface area (Å²) in [6.07, 6.45) is -4.77. The molecule has 37 heavy (non-hydrogen) atoms. The number of thiophene rings is 2. The molecule has 0 atom stereocenters. The highest BCUT2D eigenvalue weighted by atomic mass is 35.5. The van der Waals surface area contributed by atoms with Crippen molar-refractivity contribution in [1.29, 1.82) is 5.26 Å². The molecule has 15 heteroatoms. The predicted molar refractivity (Wildman–Crippen MR) is 137 cm³/mol. The maximum Gasteiger partial charge on any atom is 0.416 e. The first-order valence-electron chi connectivity index (χ1n) is 9.91. The third-order valence-electron chi connectivity index (χ3n) is 4.79. The number of anilines is 2. The van der Waals surface area contributed by atoms with E-state index in [1.165, 1.54) is 30.3 Å². The minimum Gasteiger partial charge on any atom is -0.277 e. The van der Waals surface area contributed by atoms with Crippen molar-refractivity contribution in [3.63, 3.8) is 0 Å². The third-order valence-corrected chi connectivity index (χ3v) is 10.3. The molecule has 0 bridgehead atoms. The van der Waals surface area contributed by atoms with Gasteiger partial charge in [-0.05, 0) is 60.2 Å². The van der Waals surface area contributed by atoms with Crippen LogP contribution in [0.5, 0.6) is 0 Å². The number of rotatable bonds is 7. The highest BCUT2D eigenvalue weighted by molar-refractivity contribution is 7.94. The van der Waals surface area contributed by atoms with Gasteiger partial charge in [-0.1, -0.05) is 23.7 Å². The molecule has 0 aliphatic rings. The molecular weight excluding hydrogens is 591 g/mol. The van der Waals surface area contributed by atoms with Crippen molar-refractivity contribution in [2.24, 2.45) is 0 Å². The topological polar surface area (TPSA) is 116 Å². The van der Waals surface area contributed by atoms with Gasteiger partial charge >= 0.3 is 6.18 Å². The number of benzene rings is 2. The van der Waals surface area contributed by atoms with Gasteiger partial charge in [-0.3, -0.25) is 9.44 Å². The van der Waals surface area contributed by atoms with E-state index in [9.17, 15) is 30.0 Å². The summed E-state index contributed by atoms with van der Waals surface area (Å²) in [7, 11) is -8.76. The van der Waals surface area contributed by atoms with E-state index in [1.807, 2.05) is 6.07 Å². The van der Waals surface area contributed by atoms with Gasteiger partial charge in [-0.15, -0.1) is 22.7 Å². The summed E-state index contributed by atoms with van der Waals surface area (Å²) in [5, 5.41) is 9.10. The van der Waals surface area contributed by atoms with Crippen LogP contribution in [-0.4, -0.2) is 16.8 Å². The molecule has 0 saturated carbocycles. The zero-order valence-electron chi connectivity index (χ0n) is 18.1. The standard InChI is InChI=1S/C22H13ClF3N3O4S4/c23-20-8-9-21(35-20)37(32,33)28-17-6-4-13(19-7-5-15(12-27)34-19)10-18(17)29-36(30,31)16-3-1-2-14(11-16)22(24,25)26/h1-11,28-29H. The largest absolute Gasteiger partial charge is 0.416 e. The average molecular weight is 604 g/mol. The number of sulfonamides is 2.